The van der Waals surface area contributed by atoms with Gasteiger partial charge in [0.15, 0.2) is 0 Å². The SMILES string of the molecule is CN1CCN(CC(=O)Nc2nnc(C3CCCCC3)s2)CC1. The third-order valence-electron chi connectivity index (χ3n) is 4.60. The first kappa shape index (κ1) is 15.8. The Morgan fingerprint density at radius 1 is 1.18 bits per heavy atom. The average molecular weight is 323 g/mol. The van der Waals surface area contributed by atoms with E-state index in [0.29, 0.717) is 17.6 Å². The van der Waals surface area contributed by atoms with Gasteiger partial charge in [0, 0.05) is 32.1 Å². The van der Waals surface area contributed by atoms with E-state index in [-0.39, 0.29) is 5.91 Å². The van der Waals surface area contributed by atoms with Gasteiger partial charge < -0.3 is 4.90 Å². The Balaban J connectivity index is 1.48. The van der Waals surface area contributed by atoms with Crippen LogP contribution in [-0.4, -0.2) is 65.7 Å². The topological polar surface area (TPSA) is 61.4 Å². The van der Waals surface area contributed by atoms with E-state index < -0.39 is 0 Å². The number of anilines is 1. The Morgan fingerprint density at radius 3 is 2.64 bits per heavy atom. The standard InChI is InChI=1S/C15H25N5OS/c1-19-7-9-20(10-8-19)11-13(21)16-15-18-17-14(22-15)12-5-3-2-4-6-12/h12H,2-11H2,1H3,(H,16,18,21). The summed E-state index contributed by atoms with van der Waals surface area (Å²) in [5.74, 6) is 0.574. The molecule has 1 aliphatic heterocycles. The van der Waals surface area contributed by atoms with Crippen molar-refractivity contribution in [3.63, 3.8) is 0 Å². The molecular weight excluding hydrogens is 298 g/mol. The second kappa shape index (κ2) is 7.48. The molecule has 2 heterocycles. The minimum Gasteiger partial charge on any atom is -0.304 e. The van der Waals surface area contributed by atoms with E-state index in [1.807, 2.05) is 0 Å². The number of nitrogens with zero attached hydrogens (tertiary/aromatic N) is 4. The molecule has 0 atom stereocenters. The number of hydrogen-bond acceptors (Lipinski definition) is 6. The Hall–Kier alpha value is -1.05. The van der Waals surface area contributed by atoms with Crippen molar-refractivity contribution < 1.29 is 4.79 Å². The van der Waals surface area contributed by atoms with Gasteiger partial charge in [-0.1, -0.05) is 30.6 Å². The first-order valence-corrected chi connectivity index (χ1v) is 9.06. The molecule has 0 spiro atoms. The van der Waals surface area contributed by atoms with Crippen LogP contribution in [0.15, 0.2) is 0 Å². The number of hydrogen-bond donors (Lipinski definition) is 1. The van der Waals surface area contributed by atoms with Crippen LogP contribution in [0.25, 0.3) is 0 Å². The van der Waals surface area contributed by atoms with Gasteiger partial charge in [-0.3, -0.25) is 15.0 Å². The molecule has 1 saturated carbocycles. The number of likely N-dealkylation sites (N-methyl/N-ethyl adjacent to an activating group) is 1. The monoisotopic (exact) mass is 323 g/mol. The van der Waals surface area contributed by atoms with Crippen LogP contribution in [0.4, 0.5) is 5.13 Å². The van der Waals surface area contributed by atoms with E-state index in [4.69, 9.17) is 0 Å². The highest BCUT2D eigenvalue weighted by Gasteiger charge is 2.21. The van der Waals surface area contributed by atoms with Gasteiger partial charge in [0.25, 0.3) is 0 Å². The van der Waals surface area contributed by atoms with Gasteiger partial charge >= 0.3 is 0 Å². The molecule has 1 amide bonds. The molecule has 2 aliphatic rings. The third kappa shape index (κ3) is 4.24. The second-order valence-corrected chi connectivity index (χ2v) is 7.42. The first-order valence-electron chi connectivity index (χ1n) is 8.25. The van der Waals surface area contributed by atoms with Crippen molar-refractivity contribution in [3.8, 4) is 0 Å². The van der Waals surface area contributed by atoms with Crippen molar-refractivity contribution in [2.45, 2.75) is 38.0 Å². The molecular formula is C15H25N5OS. The van der Waals surface area contributed by atoms with Crippen LogP contribution in [0.5, 0.6) is 0 Å². The van der Waals surface area contributed by atoms with E-state index in [2.05, 4.69) is 32.4 Å². The number of nitrogens with one attached hydrogen (secondary N) is 1. The highest BCUT2D eigenvalue weighted by molar-refractivity contribution is 7.15. The quantitative estimate of drug-likeness (QED) is 0.915. The normalized spacial score (nSPS) is 21.9. The zero-order valence-electron chi connectivity index (χ0n) is 13.3. The van der Waals surface area contributed by atoms with Crippen LogP contribution in [0.1, 0.15) is 43.0 Å². The van der Waals surface area contributed by atoms with Gasteiger partial charge in [-0.15, -0.1) is 10.2 Å². The Morgan fingerprint density at radius 2 is 1.91 bits per heavy atom. The maximum absolute atomic E-state index is 12.1. The Bertz CT molecular complexity index is 492. The van der Waals surface area contributed by atoms with Crippen molar-refractivity contribution in [2.75, 3.05) is 45.1 Å². The van der Waals surface area contributed by atoms with Crippen LogP contribution >= 0.6 is 11.3 Å². The van der Waals surface area contributed by atoms with Crippen LogP contribution < -0.4 is 5.32 Å². The highest BCUT2D eigenvalue weighted by atomic mass is 32.1. The predicted molar refractivity (Wildman–Crippen MR) is 88.3 cm³/mol. The Kier molecular flexibility index (Phi) is 5.38. The molecule has 1 saturated heterocycles. The zero-order valence-corrected chi connectivity index (χ0v) is 14.1. The molecule has 2 fully saturated rings. The number of amides is 1. The van der Waals surface area contributed by atoms with Crippen molar-refractivity contribution in [2.24, 2.45) is 0 Å². The number of piperazine rings is 1. The minimum atomic E-state index is 0.0240. The fourth-order valence-corrected chi connectivity index (χ4v) is 4.10. The summed E-state index contributed by atoms with van der Waals surface area (Å²) >= 11 is 1.55. The van der Waals surface area contributed by atoms with E-state index in [1.54, 1.807) is 11.3 Å². The number of carbonyl (C=O) groups is 1. The molecule has 1 aromatic rings. The second-order valence-electron chi connectivity index (χ2n) is 6.41. The Labute approximate surface area is 135 Å². The lowest BCUT2D eigenvalue weighted by Gasteiger charge is -2.31. The summed E-state index contributed by atoms with van der Waals surface area (Å²) in [6.45, 7) is 4.41. The van der Waals surface area contributed by atoms with E-state index in [9.17, 15) is 4.79 Å². The van der Waals surface area contributed by atoms with Gasteiger partial charge in [-0.05, 0) is 19.9 Å². The third-order valence-corrected chi connectivity index (χ3v) is 5.61. The smallest absolute Gasteiger partial charge is 0.240 e. The van der Waals surface area contributed by atoms with Gasteiger partial charge in [-0.25, -0.2) is 0 Å². The maximum atomic E-state index is 12.1. The lowest BCUT2D eigenvalue weighted by atomic mass is 9.90. The predicted octanol–water partition coefficient (Wildman–Crippen LogP) is 1.77. The summed E-state index contributed by atoms with van der Waals surface area (Å²) in [5, 5.41) is 13.1. The van der Waals surface area contributed by atoms with Crippen molar-refractivity contribution in [1.29, 1.82) is 0 Å². The fourth-order valence-electron chi connectivity index (χ4n) is 3.17. The molecule has 122 valence electrons. The van der Waals surface area contributed by atoms with Crippen LogP contribution in [-0.2, 0) is 4.79 Å². The number of carbonyl (C=O) groups excluding carboxylic acids is 1. The minimum absolute atomic E-state index is 0.0240. The highest BCUT2D eigenvalue weighted by Crippen LogP contribution is 2.35. The molecule has 22 heavy (non-hydrogen) atoms. The molecule has 1 aromatic heterocycles. The summed E-state index contributed by atoms with van der Waals surface area (Å²) in [5.41, 5.74) is 0. The molecule has 1 N–H and O–H groups in total. The first-order chi connectivity index (χ1) is 10.7. The molecule has 0 aromatic carbocycles. The molecule has 0 unspecified atom stereocenters. The van der Waals surface area contributed by atoms with E-state index in [0.717, 1.165) is 31.2 Å². The van der Waals surface area contributed by atoms with Crippen molar-refractivity contribution in [3.05, 3.63) is 5.01 Å². The van der Waals surface area contributed by atoms with E-state index >= 15 is 0 Å². The largest absolute Gasteiger partial charge is 0.304 e. The summed E-state index contributed by atoms with van der Waals surface area (Å²) in [6, 6.07) is 0. The molecule has 0 bridgehead atoms. The zero-order chi connectivity index (χ0) is 15.4. The average Bonchev–Trinajstić information content (AvgIpc) is 2.99. The molecule has 6 nitrogen and oxygen atoms in total. The fraction of sp³-hybridized carbons (Fsp3) is 0.800. The summed E-state index contributed by atoms with van der Waals surface area (Å²) < 4.78 is 0. The molecule has 0 radical (unpaired) electrons. The van der Waals surface area contributed by atoms with Crippen LogP contribution in [0.2, 0.25) is 0 Å². The molecule has 1 aliphatic carbocycles. The van der Waals surface area contributed by atoms with Crippen LogP contribution in [0.3, 0.4) is 0 Å². The number of rotatable bonds is 4. The lowest BCUT2D eigenvalue weighted by molar-refractivity contribution is -0.117. The summed E-state index contributed by atoms with van der Waals surface area (Å²) in [4.78, 5) is 16.6. The summed E-state index contributed by atoms with van der Waals surface area (Å²) in [7, 11) is 2.12. The van der Waals surface area contributed by atoms with Gasteiger partial charge in [0.1, 0.15) is 5.01 Å². The van der Waals surface area contributed by atoms with Gasteiger partial charge in [0.2, 0.25) is 11.0 Å². The van der Waals surface area contributed by atoms with Gasteiger partial charge in [-0.2, -0.15) is 0 Å². The van der Waals surface area contributed by atoms with E-state index in [1.165, 1.54) is 32.1 Å². The molecule has 3 rings (SSSR count). The maximum Gasteiger partial charge on any atom is 0.240 e. The lowest BCUT2D eigenvalue weighted by Crippen LogP contribution is -2.47. The van der Waals surface area contributed by atoms with Crippen molar-refractivity contribution >= 4 is 22.4 Å². The van der Waals surface area contributed by atoms with Gasteiger partial charge in [0.05, 0.1) is 6.54 Å². The summed E-state index contributed by atoms with van der Waals surface area (Å²) in [6.07, 6.45) is 6.34. The van der Waals surface area contributed by atoms with Crippen LogP contribution in [0, 0.1) is 0 Å². The molecule has 7 heteroatoms. The van der Waals surface area contributed by atoms with Crippen molar-refractivity contribution in [1.82, 2.24) is 20.0 Å². The number of aromatic nitrogens is 2.